The summed E-state index contributed by atoms with van der Waals surface area (Å²) in [5, 5.41) is 11.8. The minimum Gasteiger partial charge on any atom is -0.481 e. The fourth-order valence-corrected chi connectivity index (χ4v) is 2.15. The molecule has 0 spiro atoms. The molecule has 0 saturated carbocycles. The third-order valence-electron chi connectivity index (χ3n) is 2.90. The maximum Gasteiger partial charge on any atom is 0.303 e. The van der Waals surface area contributed by atoms with Crippen LogP contribution in [0.15, 0.2) is 0 Å². The van der Waals surface area contributed by atoms with E-state index in [-0.39, 0.29) is 6.42 Å². The van der Waals surface area contributed by atoms with Crippen molar-refractivity contribution in [3.05, 3.63) is 17.1 Å². The van der Waals surface area contributed by atoms with Crippen LogP contribution in [0.5, 0.6) is 0 Å². The Kier molecular flexibility index (Phi) is 3.56. The lowest BCUT2D eigenvalue weighted by Crippen LogP contribution is -2.10. The van der Waals surface area contributed by atoms with Crippen molar-refractivity contribution in [2.45, 2.75) is 39.0 Å². The zero-order valence-corrected chi connectivity index (χ0v) is 9.99. The van der Waals surface area contributed by atoms with E-state index in [1.807, 2.05) is 6.92 Å². The Bertz CT molecular complexity index is 432. The molecule has 2 rings (SSSR count). The molecule has 1 aliphatic rings. The van der Waals surface area contributed by atoms with Gasteiger partial charge in [-0.2, -0.15) is 0 Å². The van der Waals surface area contributed by atoms with Crippen LogP contribution >= 0.6 is 0 Å². The molecule has 0 aromatic carbocycles. The maximum atomic E-state index is 10.4. The van der Waals surface area contributed by atoms with Gasteiger partial charge >= 0.3 is 5.97 Å². The third kappa shape index (κ3) is 2.93. The van der Waals surface area contributed by atoms with Gasteiger partial charge in [0.15, 0.2) is 0 Å². The van der Waals surface area contributed by atoms with E-state index in [0.29, 0.717) is 13.0 Å². The Balaban J connectivity index is 1.98. The smallest absolute Gasteiger partial charge is 0.303 e. The first-order valence-corrected chi connectivity index (χ1v) is 5.99. The third-order valence-corrected chi connectivity index (χ3v) is 2.90. The first-order valence-electron chi connectivity index (χ1n) is 5.99. The van der Waals surface area contributed by atoms with Gasteiger partial charge in [0.25, 0.3) is 0 Å². The summed E-state index contributed by atoms with van der Waals surface area (Å²) in [7, 11) is 0. The summed E-state index contributed by atoms with van der Waals surface area (Å²) >= 11 is 0. The van der Waals surface area contributed by atoms with Gasteiger partial charge in [0.05, 0.1) is 0 Å². The number of fused-ring (bicyclic) bond motifs is 1. The molecule has 2 N–H and O–H groups in total. The molecule has 0 atom stereocenters. The Morgan fingerprint density at radius 2 is 2.24 bits per heavy atom. The largest absolute Gasteiger partial charge is 0.481 e. The molecule has 0 radical (unpaired) electrons. The van der Waals surface area contributed by atoms with Crippen LogP contribution in [0.4, 0.5) is 5.82 Å². The van der Waals surface area contributed by atoms with Crippen molar-refractivity contribution in [3.63, 3.8) is 0 Å². The minimum absolute atomic E-state index is 0.194. The predicted octanol–water partition coefficient (Wildman–Crippen LogP) is 1.55. The molecule has 0 unspecified atom stereocenters. The Labute approximate surface area is 100 Å². The molecular weight excluding hydrogens is 218 g/mol. The molecule has 17 heavy (non-hydrogen) atoms. The Morgan fingerprint density at radius 1 is 1.41 bits per heavy atom. The lowest BCUT2D eigenvalue weighted by atomic mass is 10.2. The van der Waals surface area contributed by atoms with Crippen molar-refractivity contribution >= 4 is 11.8 Å². The monoisotopic (exact) mass is 235 g/mol. The van der Waals surface area contributed by atoms with Crippen molar-refractivity contribution in [1.29, 1.82) is 0 Å². The molecule has 1 heterocycles. The summed E-state index contributed by atoms with van der Waals surface area (Å²) in [4.78, 5) is 19.2. The zero-order chi connectivity index (χ0) is 12.3. The standard InChI is InChI=1S/C12H17N3O2/c1-8-14-10-5-2-4-9(10)12(15-8)13-7-3-6-11(16)17/h2-7H2,1H3,(H,16,17)(H,13,14,15). The van der Waals surface area contributed by atoms with E-state index < -0.39 is 5.97 Å². The van der Waals surface area contributed by atoms with Crippen molar-refractivity contribution in [1.82, 2.24) is 9.97 Å². The van der Waals surface area contributed by atoms with Gasteiger partial charge in [0.1, 0.15) is 11.6 Å². The summed E-state index contributed by atoms with van der Waals surface area (Å²) in [5.74, 6) is 0.928. The highest BCUT2D eigenvalue weighted by Gasteiger charge is 2.17. The van der Waals surface area contributed by atoms with E-state index in [0.717, 1.165) is 36.6 Å². The number of carbonyl (C=O) groups is 1. The number of carboxylic acids is 1. The second-order valence-corrected chi connectivity index (χ2v) is 4.32. The van der Waals surface area contributed by atoms with Crippen LogP contribution in [0.25, 0.3) is 0 Å². The molecule has 0 bridgehead atoms. The van der Waals surface area contributed by atoms with Crippen LogP contribution < -0.4 is 5.32 Å². The van der Waals surface area contributed by atoms with Gasteiger partial charge in [0.2, 0.25) is 0 Å². The molecule has 0 amide bonds. The van der Waals surface area contributed by atoms with E-state index in [1.165, 1.54) is 5.56 Å². The number of nitrogens with zero attached hydrogens (tertiary/aromatic N) is 2. The predicted molar refractivity (Wildman–Crippen MR) is 64.2 cm³/mol. The van der Waals surface area contributed by atoms with Crippen molar-refractivity contribution < 1.29 is 9.90 Å². The van der Waals surface area contributed by atoms with Gasteiger partial charge in [-0.1, -0.05) is 0 Å². The first-order chi connectivity index (χ1) is 8.16. The number of aromatic nitrogens is 2. The molecule has 0 fully saturated rings. The average molecular weight is 235 g/mol. The molecule has 5 nitrogen and oxygen atoms in total. The van der Waals surface area contributed by atoms with Crippen LogP contribution in [0, 0.1) is 6.92 Å². The molecule has 0 aliphatic heterocycles. The van der Waals surface area contributed by atoms with Gasteiger partial charge in [-0.3, -0.25) is 4.79 Å². The molecule has 1 aliphatic carbocycles. The number of aryl methyl sites for hydroxylation is 2. The van der Waals surface area contributed by atoms with E-state index in [9.17, 15) is 4.79 Å². The molecule has 0 saturated heterocycles. The van der Waals surface area contributed by atoms with Gasteiger partial charge < -0.3 is 10.4 Å². The summed E-state index contributed by atoms with van der Waals surface area (Å²) in [5.41, 5.74) is 2.36. The lowest BCUT2D eigenvalue weighted by Gasteiger charge is -2.10. The number of nitrogens with one attached hydrogen (secondary N) is 1. The van der Waals surface area contributed by atoms with E-state index in [2.05, 4.69) is 15.3 Å². The highest BCUT2D eigenvalue weighted by atomic mass is 16.4. The summed E-state index contributed by atoms with van der Waals surface area (Å²) in [6, 6.07) is 0. The summed E-state index contributed by atoms with van der Waals surface area (Å²) in [6.07, 6.45) is 4.00. The van der Waals surface area contributed by atoms with Crippen molar-refractivity contribution in [2.24, 2.45) is 0 Å². The molecular formula is C12H17N3O2. The fraction of sp³-hybridized carbons (Fsp3) is 0.583. The van der Waals surface area contributed by atoms with E-state index in [4.69, 9.17) is 5.11 Å². The van der Waals surface area contributed by atoms with Crippen LogP contribution in [0.1, 0.15) is 36.3 Å². The molecule has 92 valence electrons. The molecule has 1 aromatic heterocycles. The van der Waals surface area contributed by atoms with Crippen LogP contribution in [-0.4, -0.2) is 27.6 Å². The van der Waals surface area contributed by atoms with E-state index >= 15 is 0 Å². The normalized spacial score (nSPS) is 13.5. The fourth-order valence-electron chi connectivity index (χ4n) is 2.15. The average Bonchev–Trinajstić information content (AvgIpc) is 2.71. The highest BCUT2D eigenvalue weighted by molar-refractivity contribution is 5.66. The number of hydrogen-bond donors (Lipinski definition) is 2. The number of rotatable bonds is 5. The Morgan fingerprint density at radius 3 is 3.00 bits per heavy atom. The SMILES string of the molecule is Cc1nc2c(c(NCCCC(=O)O)n1)CCC2. The van der Waals surface area contributed by atoms with E-state index in [1.54, 1.807) is 0 Å². The van der Waals surface area contributed by atoms with Crippen molar-refractivity contribution in [2.75, 3.05) is 11.9 Å². The van der Waals surface area contributed by atoms with Gasteiger partial charge in [-0.05, 0) is 32.6 Å². The second-order valence-electron chi connectivity index (χ2n) is 4.32. The first kappa shape index (κ1) is 11.8. The van der Waals surface area contributed by atoms with Crippen molar-refractivity contribution in [3.8, 4) is 0 Å². The Hall–Kier alpha value is -1.65. The number of anilines is 1. The van der Waals surface area contributed by atoms with Gasteiger partial charge in [0, 0.05) is 24.2 Å². The van der Waals surface area contributed by atoms with Crippen LogP contribution in [-0.2, 0) is 17.6 Å². The minimum atomic E-state index is -0.754. The quantitative estimate of drug-likeness (QED) is 0.757. The number of aliphatic carboxylic acids is 1. The highest BCUT2D eigenvalue weighted by Crippen LogP contribution is 2.25. The zero-order valence-electron chi connectivity index (χ0n) is 9.99. The lowest BCUT2D eigenvalue weighted by molar-refractivity contribution is -0.137. The topological polar surface area (TPSA) is 75.1 Å². The maximum absolute atomic E-state index is 10.4. The summed E-state index contributed by atoms with van der Waals surface area (Å²) in [6.45, 7) is 2.54. The van der Waals surface area contributed by atoms with Crippen LogP contribution in [0.2, 0.25) is 0 Å². The number of carboxylic acid groups (broad SMARTS) is 1. The molecule has 1 aromatic rings. The second kappa shape index (κ2) is 5.12. The van der Waals surface area contributed by atoms with Gasteiger partial charge in [-0.15, -0.1) is 0 Å². The number of hydrogen-bond acceptors (Lipinski definition) is 4. The summed E-state index contributed by atoms with van der Waals surface area (Å²) < 4.78 is 0. The van der Waals surface area contributed by atoms with Crippen LogP contribution in [0.3, 0.4) is 0 Å². The molecule has 5 heteroatoms. The van der Waals surface area contributed by atoms with Gasteiger partial charge in [-0.25, -0.2) is 9.97 Å².